The Hall–Kier alpha value is -3.53. The van der Waals surface area contributed by atoms with E-state index in [0.29, 0.717) is 22.0 Å². The molecule has 152 valence electrons. The van der Waals surface area contributed by atoms with Crippen molar-refractivity contribution >= 4 is 51.1 Å². The Morgan fingerprint density at radius 2 is 1.97 bits per heavy atom. The van der Waals surface area contributed by atoms with Gasteiger partial charge in [0.1, 0.15) is 5.52 Å². The molecule has 0 spiro atoms. The zero-order chi connectivity index (χ0) is 21.4. The van der Waals surface area contributed by atoms with E-state index < -0.39 is 4.92 Å². The van der Waals surface area contributed by atoms with Gasteiger partial charge in [0.2, 0.25) is 11.1 Å². The van der Waals surface area contributed by atoms with Gasteiger partial charge in [-0.1, -0.05) is 29.5 Å². The molecule has 0 aliphatic rings. The summed E-state index contributed by atoms with van der Waals surface area (Å²) < 4.78 is 0. The van der Waals surface area contributed by atoms with E-state index in [4.69, 9.17) is 0 Å². The van der Waals surface area contributed by atoms with Crippen LogP contribution in [0.2, 0.25) is 0 Å². The number of benzene rings is 2. The second kappa shape index (κ2) is 7.71. The third-order valence-electron chi connectivity index (χ3n) is 4.68. The van der Waals surface area contributed by atoms with Gasteiger partial charge in [0.25, 0.3) is 5.69 Å². The molecule has 0 radical (unpaired) electrons. The molecule has 30 heavy (non-hydrogen) atoms. The highest BCUT2D eigenvalue weighted by Crippen LogP contribution is 2.27. The van der Waals surface area contributed by atoms with E-state index in [-0.39, 0.29) is 17.3 Å². The zero-order valence-corrected chi connectivity index (χ0v) is 17.3. The largest absolute Gasteiger partial charge is 0.337 e. The third kappa shape index (κ3) is 3.81. The van der Waals surface area contributed by atoms with Crippen molar-refractivity contribution < 1.29 is 9.72 Å². The molecule has 0 saturated heterocycles. The Balaban J connectivity index is 1.50. The molecule has 4 rings (SSSR count). The molecule has 1 amide bonds. The number of aromatic nitrogens is 4. The van der Waals surface area contributed by atoms with E-state index in [0.717, 1.165) is 39.4 Å². The number of nitro benzene ring substituents is 1. The fourth-order valence-corrected chi connectivity index (χ4v) is 3.84. The fourth-order valence-electron chi connectivity index (χ4n) is 3.25. The molecule has 4 aromatic rings. The minimum absolute atomic E-state index is 0.0493. The van der Waals surface area contributed by atoms with Gasteiger partial charge in [0.15, 0.2) is 5.65 Å². The number of aromatic amines is 1. The normalized spacial score (nSPS) is 11.2. The van der Waals surface area contributed by atoms with Gasteiger partial charge < -0.3 is 10.3 Å². The maximum absolute atomic E-state index is 12.3. The summed E-state index contributed by atoms with van der Waals surface area (Å²) in [6.45, 7) is 5.82. The molecule has 2 aromatic heterocycles. The van der Waals surface area contributed by atoms with Gasteiger partial charge in [-0.15, -0.1) is 10.2 Å². The van der Waals surface area contributed by atoms with Crippen molar-refractivity contribution in [1.82, 2.24) is 20.2 Å². The van der Waals surface area contributed by atoms with Crippen LogP contribution in [-0.2, 0) is 4.79 Å². The number of H-pyrrole nitrogens is 1. The monoisotopic (exact) mass is 422 g/mol. The minimum atomic E-state index is -0.498. The Morgan fingerprint density at radius 1 is 1.17 bits per heavy atom. The number of nitrogens with one attached hydrogen (secondary N) is 2. The number of amides is 1. The van der Waals surface area contributed by atoms with E-state index in [1.165, 1.54) is 12.1 Å². The second-order valence-electron chi connectivity index (χ2n) is 7.01. The molecule has 2 heterocycles. The van der Waals surface area contributed by atoms with Crippen molar-refractivity contribution in [2.24, 2.45) is 0 Å². The van der Waals surface area contributed by atoms with Crippen LogP contribution in [0, 0.1) is 30.9 Å². The van der Waals surface area contributed by atoms with Gasteiger partial charge in [-0.25, -0.2) is 4.98 Å². The maximum atomic E-state index is 12.3. The van der Waals surface area contributed by atoms with Crippen molar-refractivity contribution in [1.29, 1.82) is 0 Å². The Kier molecular flexibility index (Phi) is 5.08. The first-order chi connectivity index (χ1) is 14.3. The molecule has 0 aliphatic carbocycles. The van der Waals surface area contributed by atoms with Gasteiger partial charge >= 0.3 is 0 Å². The summed E-state index contributed by atoms with van der Waals surface area (Å²) >= 11 is 1.15. The molecular weight excluding hydrogens is 404 g/mol. The molecule has 0 saturated carbocycles. The molecule has 9 nitrogen and oxygen atoms in total. The van der Waals surface area contributed by atoms with Crippen molar-refractivity contribution in [3.63, 3.8) is 0 Å². The maximum Gasteiger partial charge on any atom is 0.271 e. The fraction of sp³-hybridized carbons (Fsp3) is 0.200. The number of anilines is 1. The summed E-state index contributed by atoms with van der Waals surface area (Å²) in [5.41, 5.74) is 5.58. The highest BCUT2D eigenvalue weighted by molar-refractivity contribution is 7.99. The van der Waals surface area contributed by atoms with Crippen LogP contribution in [0.4, 0.5) is 11.4 Å². The smallest absolute Gasteiger partial charge is 0.271 e. The summed E-state index contributed by atoms with van der Waals surface area (Å²) in [4.78, 5) is 30.5. The molecule has 0 atom stereocenters. The molecular formula is C20H18N6O3S. The highest BCUT2D eigenvalue weighted by atomic mass is 32.2. The second-order valence-corrected chi connectivity index (χ2v) is 7.96. The molecule has 2 N–H and O–H groups in total. The molecule has 0 fully saturated rings. The van der Waals surface area contributed by atoms with Crippen LogP contribution in [-0.4, -0.2) is 36.7 Å². The number of nitrogens with zero attached hydrogens (tertiary/aromatic N) is 4. The topological polar surface area (TPSA) is 127 Å². The van der Waals surface area contributed by atoms with Gasteiger partial charge in [-0.05, 0) is 38.0 Å². The number of thioether (sulfide) groups is 1. The summed E-state index contributed by atoms with van der Waals surface area (Å²) in [6, 6.07) is 8.47. The number of carbonyl (C=O) groups is 1. The van der Waals surface area contributed by atoms with Crippen LogP contribution < -0.4 is 5.32 Å². The quantitative estimate of drug-likeness (QED) is 0.282. The number of fused-ring (bicyclic) bond motifs is 3. The van der Waals surface area contributed by atoms with Crippen LogP contribution in [0.3, 0.4) is 0 Å². The van der Waals surface area contributed by atoms with Gasteiger partial charge in [0.05, 0.1) is 21.9 Å². The first kappa shape index (κ1) is 19.8. The molecule has 0 aliphatic heterocycles. The molecule has 2 aromatic carbocycles. The van der Waals surface area contributed by atoms with E-state index >= 15 is 0 Å². The number of nitro groups is 1. The number of hydrogen-bond donors (Lipinski definition) is 2. The summed E-state index contributed by atoms with van der Waals surface area (Å²) in [7, 11) is 0. The van der Waals surface area contributed by atoms with Crippen molar-refractivity contribution in [3.05, 3.63) is 57.1 Å². The van der Waals surface area contributed by atoms with Gasteiger partial charge in [-0.3, -0.25) is 14.9 Å². The lowest BCUT2D eigenvalue weighted by atomic mass is 10.1. The average Bonchev–Trinajstić information content (AvgIpc) is 3.06. The molecule has 0 bridgehead atoms. The summed E-state index contributed by atoms with van der Waals surface area (Å²) in [5, 5.41) is 23.4. The van der Waals surface area contributed by atoms with Crippen LogP contribution in [0.1, 0.15) is 16.7 Å². The van der Waals surface area contributed by atoms with E-state index in [1.54, 1.807) is 13.0 Å². The minimum Gasteiger partial charge on any atom is -0.337 e. The van der Waals surface area contributed by atoms with E-state index in [1.807, 2.05) is 19.9 Å². The van der Waals surface area contributed by atoms with Gasteiger partial charge in [0, 0.05) is 17.5 Å². The lowest BCUT2D eigenvalue weighted by Crippen LogP contribution is -2.15. The lowest BCUT2D eigenvalue weighted by molar-refractivity contribution is -0.384. The number of non-ortho nitro benzene ring substituents is 1. The lowest BCUT2D eigenvalue weighted by Gasteiger charge is -2.07. The van der Waals surface area contributed by atoms with Crippen LogP contribution in [0.25, 0.3) is 22.1 Å². The number of hydrogen-bond acceptors (Lipinski definition) is 7. The van der Waals surface area contributed by atoms with Crippen LogP contribution in [0.5, 0.6) is 0 Å². The first-order valence-electron chi connectivity index (χ1n) is 9.13. The SMILES string of the molecule is Cc1cc(C)c2[nH]c3nc(SCC(=O)Nc4cc([N+](=O)[O-])ccc4C)nnc3c2c1. The predicted molar refractivity (Wildman–Crippen MR) is 116 cm³/mol. The van der Waals surface area contributed by atoms with Crippen molar-refractivity contribution in [2.75, 3.05) is 11.1 Å². The first-order valence-corrected chi connectivity index (χ1v) is 10.1. The number of aryl methyl sites for hydroxylation is 3. The average molecular weight is 422 g/mol. The molecule has 10 heteroatoms. The van der Waals surface area contributed by atoms with Crippen LogP contribution in [0.15, 0.2) is 35.5 Å². The standard InChI is InChI=1S/C20H18N6O3S/c1-10-6-12(3)17-14(7-10)18-19(22-17)23-20(25-24-18)30-9-16(27)21-15-8-13(26(28)29)5-4-11(15)2/h4-8H,9H2,1-3H3,(H,21,27)(H,22,23,25). The van der Waals surface area contributed by atoms with Gasteiger partial charge in [-0.2, -0.15) is 0 Å². The van der Waals surface area contributed by atoms with E-state index in [9.17, 15) is 14.9 Å². The summed E-state index contributed by atoms with van der Waals surface area (Å²) in [5.74, 6) is -0.261. The van der Waals surface area contributed by atoms with E-state index in [2.05, 4.69) is 31.5 Å². The zero-order valence-electron chi connectivity index (χ0n) is 16.5. The highest BCUT2D eigenvalue weighted by Gasteiger charge is 2.14. The Labute approximate surface area is 175 Å². The van der Waals surface area contributed by atoms with Crippen molar-refractivity contribution in [3.8, 4) is 0 Å². The Bertz CT molecular complexity index is 1320. The van der Waals surface area contributed by atoms with Crippen molar-refractivity contribution in [2.45, 2.75) is 25.9 Å². The van der Waals surface area contributed by atoms with Crippen LogP contribution >= 0.6 is 11.8 Å². The number of carbonyl (C=O) groups excluding carboxylic acids is 1. The predicted octanol–water partition coefficient (Wildman–Crippen LogP) is 4.07. The number of rotatable bonds is 5. The summed E-state index contributed by atoms with van der Waals surface area (Å²) in [6.07, 6.45) is 0. The molecule has 0 unspecified atom stereocenters. The Morgan fingerprint density at radius 3 is 2.73 bits per heavy atom. The third-order valence-corrected chi connectivity index (χ3v) is 5.52.